The molecule has 0 amide bonds. The van der Waals surface area contributed by atoms with E-state index in [2.05, 4.69) is 0 Å². The van der Waals surface area contributed by atoms with Crippen molar-refractivity contribution in [1.82, 2.24) is 0 Å². The molecule has 6 heteroatoms. The summed E-state index contributed by atoms with van der Waals surface area (Å²) in [4.78, 5) is 23.0. The second-order valence-corrected chi connectivity index (χ2v) is 5.44. The van der Waals surface area contributed by atoms with Gasteiger partial charge in [-0.15, -0.1) is 0 Å². The van der Waals surface area contributed by atoms with Gasteiger partial charge in [-0.05, 0) is 35.7 Å². The first-order valence-electron chi connectivity index (χ1n) is 7.37. The van der Waals surface area contributed by atoms with Crippen LogP contribution in [0.5, 0.6) is 5.75 Å². The first-order valence-corrected chi connectivity index (χ1v) is 7.37. The number of hydrogen-bond donors (Lipinski definition) is 3. The molecule has 0 bridgehead atoms. The average Bonchev–Trinajstić information content (AvgIpc) is 2.55. The largest absolute Gasteiger partial charge is 0.497 e. The molecule has 0 heterocycles. The highest BCUT2D eigenvalue weighted by Gasteiger charge is 2.36. The minimum absolute atomic E-state index is 0.211. The van der Waals surface area contributed by atoms with Crippen molar-refractivity contribution in [2.45, 2.75) is 12.3 Å². The standard InChI is InChI=1S/C18H19NO5/c1-24-13-8-6-11(7-9-13)14(16(17(20)21)18(22)23)10-12-4-2-3-5-15(12)19/h2-9,14,16H,10,19H2,1H3,(H,20,21)(H,22,23). The Hall–Kier alpha value is -3.02. The van der Waals surface area contributed by atoms with Crippen LogP contribution in [-0.2, 0) is 16.0 Å². The zero-order valence-electron chi connectivity index (χ0n) is 13.2. The number of benzene rings is 2. The van der Waals surface area contributed by atoms with Crippen LogP contribution in [0.3, 0.4) is 0 Å². The number of carboxylic acid groups (broad SMARTS) is 2. The number of carbonyl (C=O) groups is 2. The molecule has 6 nitrogen and oxygen atoms in total. The Morgan fingerprint density at radius 2 is 1.62 bits per heavy atom. The van der Waals surface area contributed by atoms with Crippen LogP contribution < -0.4 is 10.5 Å². The maximum absolute atomic E-state index is 11.5. The molecule has 0 fully saturated rings. The van der Waals surface area contributed by atoms with E-state index in [1.807, 2.05) is 0 Å². The molecule has 0 aliphatic carbocycles. The lowest BCUT2D eigenvalue weighted by Gasteiger charge is -2.22. The van der Waals surface area contributed by atoms with Crippen LogP contribution in [0.25, 0.3) is 0 Å². The number of rotatable bonds is 7. The molecule has 1 unspecified atom stereocenters. The summed E-state index contributed by atoms with van der Waals surface area (Å²) < 4.78 is 5.09. The SMILES string of the molecule is COc1ccc(C(Cc2ccccc2N)C(C(=O)O)C(=O)O)cc1. The van der Waals surface area contributed by atoms with Crippen LogP contribution in [0.2, 0.25) is 0 Å². The quantitative estimate of drug-likeness (QED) is 0.531. The van der Waals surface area contributed by atoms with E-state index in [1.54, 1.807) is 48.5 Å². The fraction of sp³-hybridized carbons (Fsp3) is 0.222. The van der Waals surface area contributed by atoms with Crippen molar-refractivity contribution in [3.05, 3.63) is 59.7 Å². The maximum Gasteiger partial charge on any atom is 0.318 e. The van der Waals surface area contributed by atoms with E-state index >= 15 is 0 Å². The summed E-state index contributed by atoms with van der Waals surface area (Å²) in [7, 11) is 1.52. The molecule has 0 saturated heterocycles. The first kappa shape index (κ1) is 17.3. The number of methoxy groups -OCH3 is 1. The Morgan fingerprint density at radius 3 is 2.12 bits per heavy atom. The summed E-state index contributed by atoms with van der Waals surface area (Å²) in [6.07, 6.45) is 0.211. The van der Waals surface area contributed by atoms with Gasteiger partial charge in [0.15, 0.2) is 5.92 Å². The molecule has 1 atom stereocenters. The van der Waals surface area contributed by atoms with Crippen LogP contribution in [0, 0.1) is 5.92 Å². The van der Waals surface area contributed by atoms with Gasteiger partial charge in [0.05, 0.1) is 7.11 Å². The second kappa shape index (κ2) is 7.50. The van der Waals surface area contributed by atoms with E-state index in [0.29, 0.717) is 22.6 Å². The Labute approximate surface area is 139 Å². The minimum atomic E-state index is -1.57. The van der Waals surface area contributed by atoms with Crippen molar-refractivity contribution in [3.8, 4) is 5.75 Å². The van der Waals surface area contributed by atoms with Crippen LogP contribution in [0.15, 0.2) is 48.5 Å². The van der Waals surface area contributed by atoms with Gasteiger partial charge in [0.25, 0.3) is 0 Å². The van der Waals surface area contributed by atoms with Crippen molar-refractivity contribution < 1.29 is 24.5 Å². The third-order valence-electron chi connectivity index (χ3n) is 3.97. The molecule has 0 radical (unpaired) electrons. The van der Waals surface area contributed by atoms with Gasteiger partial charge in [0.2, 0.25) is 0 Å². The Morgan fingerprint density at radius 1 is 1.04 bits per heavy atom. The van der Waals surface area contributed by atoms with Crippen molar-refractivity contribution in [2.24, 2.45) is 5.92 Å². The zero-order valence-corrected chi connectivity index (χ0v) is 13.2. The van der Waals surface area contributed by atoms with Gasteiger partial charge in [0, 0.05) is 11.6 Å². The summed E-state index contributed by atoms with van der Waals surface area (Å²) in [5, 5.41) is 18.8. The van der Waals surface area contributed by atoms with Crippen molar-refractivity contribution in [3.63, 3.8) is 0 Å². The summed E-state index contributed by atoms with van der Waals surface area (Å²) in [6.45, 7) is 0. The predicted molar refractivity (Wildman–Crippen MR) is 89.1 cm³/mol. The molecule has 0 aromatic heterocycles. The molecular formula is C18H19NO5. The summed E-state index contributed by atoms with van der Waals surface area (Å²) in [6, 6.07) is 13.8. The Bertz CT molecular complexity index is 712. The zero-order chi connectivity index (χ0) is 17.7. The number of carboxylic acids is 2. The van der Waals surface area contributed by atoms with E-state index in [1.165, 1.54) is 7.11 Å². The molecule has 2 rings (SSSR count). The van der Waals surface area contributed by atoms with Gasteiger partial charge in [-0.25, -0.2) is 0 Å². The number of para-hydroxylation sites is 1. The number of ether oxygens (including phenoxy) is 1. The minimum Gasteiger partial charge on any atom is -0.497 e. The molecule has 0 aliphatic rings. The van der Waals surface area contributed by atoms with Crippen LogP contribution in [0.1, 0.15) is 17.0 Å². The predicted octanol–water partition coefficient (Wildman–Crippen LogP) is 2.39. The molecular weight excluding hydrogens is 310 g/mol. The summed E-state index contributed by atoms with van der Waals surface area (Å²) in [5.74, 6) is -4.47. The highest BCUT2D eigenvalue weighted by molar-refractivity contribution is 5.94. The van der Waals surface area contributed by atoms with Crippen molar-refractivity contribution in [1.29, 1.82) is 0 Å². The monoisotopic (exact) mass is 329 g/mol. The van der Waals surface area contributed by atoms with Gasteiger partial charge < -0.3 is 20.7 Å². The van der Waals surface area contributed by atoms with E-state index < -0.39 is 23.8 Å². The maximum atomic E-state index is 11.5. The Balaban J connectivity index is 2.45. The van der Waals surface area contributed by atoms with Crippen LogP contribution in [-0.4, -0.2) is 29.3 Å². The van der Waals surface area contributed by atoms with Crippen LogP contribution >= 0.6 is 0 Å². The van der Waals surface area contributed by atoms with Crippen molar-refractivity contribution in [2.75, 3.05) is 12.8 Å². The van der Waals surface area contributed by atoms with Crippen molar-refractivity contribution >= 4 is 17.6 Å². The third-order valence-corrected chi connectivity index (χ3v) is 3.97. The molecule has 2 aromatic rings. The molecule has 0 saturated carbocycles. The first-order chi connectivity index (χ1) is 11.4. The molecule has 2 aromatic carbocycles. The number of anilines is 1. The number of hydrogen-bond acceptors (Lipinski definition) is 4. The van der Waals surface area contributed by atoms with Gasteiger partial charge >= 0.3 is 11.9 Å². The average molecular weight is 329 g/mol. The molecule has 4 N–H and O–H groups in total. The fourth-order valence-corrected chi connectivity index (χ4v) is 2.69. The van der Waals surface area contributed by atoms with Crippen LogP contribution in [0.4, 0.5) is 5.69 Å². The normalized spacial score (nSPS) is 11.9. The lowest BCUT2D eigenvalue weighted by atomic mass is 9.81. The number of nitrogens with two attached hydrogens (primary N) is 1. The molecule has 126 valence electrons. The van der Waals surface area contributed by atoms with Gasteiger partial charge in [-0.2, -0.15) is 0 Å². The molecule has 0 aliphatic heterocycles. The lowest BCUT2D eigenvalue weighted by molar-refractivity contribution is -0.155. The third kappa shape index (κ3) is 3.84. The van der Waals surface area contributed by atoms with E-state index in [9.17, 15) is 19.8 Å². The van der Waals surface area contributed by atoms with E-state index in [0.717, 1.165) is 0 Å². The molecule has 0 spiro atoms. The summed E-state index contributed by atoms with van der Waals surface area (Å²) >= 11 is 0. The number of aliphatic carboxylic acids is 2. The van der Waals surface area contributed by atoms with Gasteiger partial charge in [0.1, 0.15) is 5.75 Å². The van der Waals surface area contributed by atoms with E-state index in [4.69, 9.17) is 10.5 Å². The number of nitrogen functional groups attached to an aromatic ring is 1. The fourth-order valence-electron chi connectivity index (χ4n) is 2.69. The lowest BCUT2D eigenvalue weighted by Crippen LogP contribution is -2.31. The topological polar surface area (TPSA) is 110 Å². The summed E-state index contributed by atoms with van der Waals surface area (Å²) in [5.41, 5.74) is 7.75. The highest BCUT2D eigenvalue weighted by Crippen LogP contribution is 2.32. The smallest absolute Gasteiger partial charge is 0.318 e. The highest BCUT2D eigenvalue weighted by atomic mass is 16.5. The molecule has 24 heavy (non-hydrogen) atoms. The Kier molecular flexibility index (Phi) is 5.42. The second-order valence-electron chi connectivity index (χ2n) is 5.44. The van der Waals surface area contributed by atoms with Gasteiger partial charge in [-0.1, -0.05) is 30.3 Å². The van der Waals surface area contributed by atoms with E-state index in [-0.39, 0.29) is 6.42 Å². The van der Waals surface area contributed by atoms with Gasteiger partial charge in [-0.3, -0.25) is 9.59 Å².